The van der Waals surface area contributed by atoms with E-state index in [-0.39, 0.29) is 23.1 Å². The molecule has 1 amide bonds. The van der Waals surface area contributed by atoms with E-state index in [0.29, 0.717) is 5.92 Å². The quantitative estimate of drug-likeness (QED) is 0.693. The van der Waals surface area contributed by atoms with Crippen LogP contribution in [0.1, 0.15) is 48.8 Å². The molecule has 2 aromatic rings. The maximum atomic E-state index is 12.8. The minimum atomic E-state index is -0.340. The molecule has 0 spiro atoms. The molecule has 0 radical (unpaired) electrons. The van der Waals surface area contributed by atoms with Gasteiger partial charge in [0.2, 0.25) is 5.82 Å². The van der Waals surface area contributed by atoms with E-state index in [1.54, 1.807) is 0 Å². The summed E-state index contributed by atoms with van der Waals surface area (Å²) in [7, 11) is 4.27. The Kier molecular flexibility index (Phi) is 6.49. The number of nitrogens with zero attached hydrogens (tertiary/aromatic N) is 4. The third-order valence-electron chi connectivity index (χ3n) is 6.98. The molecule has 0 bridgehead atoms. The number of hydrogen-bond acceptors (Lipinski definition) is 5. The molecular formula is C24H32N6O2. The normalized spacial score (nSPS) is 19.0. The second-order valence-electron chi connectivity index (χ2n) is 9.12. The van der Waals surface area contributed by atoms with E-state index in [2.05, 4.69) is 63.1 Å². The zero-order chi connectivity index (χ0) is 22.7. The number of carbonyl (C=O) groups excluding carboxylic acids is 1. The summed E-state index contributed by atoms with van der Waals surface area (Å²) >= 11 is 0. The Morgan fingerprint density at radius 2 is 2.03 bits per heavy atom. The lowest BCUT2D eigenvalue weighted by Gasteiger charge is -2.44. The second kappa shape index (κ2) is 9.31. The van der Waals surface area contributed by atoms with Gasteiger partial charge in [-0.05, 0) is 63.4 Å². The van der Waals surface area contributed by atoms with Crippen LogP contribution >= 0.6 is 0 Å². The number of aromatic amines is 1. The molecule has 0 unspecified atom stereocenters. The lowest BCUT2D eigenvalue weighted by atomic mass is 9.81. The van der Waals surface area contributed by atoms with Crippen LogP contribution in [0.25, 0.3) is 4.85 Å². The molecule has 4 rings (SSSR count). The number of piperidine rings is 1. The van der Waals surface area contributed by atoms with Crippen LogP contribution in [0.5, 0.6) is 0 Å². The Morgan fingerprint density at radius 1 is 1.31 bits per heavy atom. The Hall–Kier alpha value is -2.89. The van der Waals surface area contributed by atoms with E-state index >= 15 is 0 Å². The molecule has 2 N–H and O–H groups in total. The predicted molar refractivity (Wildman–Crippen MR) is 125 cm³/mol. The molecule has 0 atom stereocenters. The van der Waals surface area contributed by atoms with E-state index in [0.717, 1.165) is 63.4 Å². The minimum absolute atomic E-state index is 0.0792. The van der Waals surface area contributed by atoms with Gasteiger partial charge in [-0.1, -0.05) is 19.6 Å². The summed E-state index contributed by atoms with van der Waals surface area (Å²) in [5.41, 5.74) is 3.00. The lowest BCUT2D eigenvalue weighted by molar-refractivity contribution is -0.0105. The number of nitrogens with one attached hydrogen (secondary N) is 2. The number of aromatic nitrogens is 2. The summed E-state index contributed by atoms with van der Waals surface area (Å²) in [6.07, 6.45) is 5.53. The SMILES string of the molecule is [C-]#[N+]c1cnc(C(=O)Nc2ccc(C3(N(C)C)CCOCC3)cc2N2CCC(C)CC2)[nH]1. The highest BCUT2D eigenvalue weighted by Gasteiger charge is 2.37. The first-order valence-electron chi connectivity index (χ1n) is 11.3. The molecule has 8 heteroatoms. The van der Waals surface area contributed by atoms with Crippen molar-refractivity contribution in [3.05, 3.63) is 47.2 Å². The third-order valence-corrected chi connectivity index (χ3v) is 6.98. The molecule has 2 fully saturated rings. The van der Waals surface area contributed by atoms with E-state index in [9.17, 15) is 4.79 Å². The smallest absolute Gasteiger partial charge is 0.314 e. The topological polar surface area (TPSA) is 77.9 Å². The summed E-state index contributed by atoms with van der Waals surface area (Å²) in [6.45, 7) is 12.8. The molecule has 1 aromatic carbocycles. The summed E-state index contributed by atoms with van der Waals surface area (Å²) in [6, 6.07) is 6.40. The Labute approximate surface area is 189 Å². The van der Waals surface area contributed by atoms with Gasteiger partial charge < -0.3 is 19.8 Å². The van der Waals surface area contributed by atoms with Crippen molar-refractivity contribution >= 4 is 23.1 Å². The van der Waals surface area contributed by atoms with Crippen LogP contribution in [0.15, 0.2) is 24.4 Å². The summed E-state index contributed by atoms with van der Waals surface area (Å²) in [4.78, 5) is 27.6. The number of rotatable bonds is 5. The van der Waals surface area contributed by atoms with Gasteiger partial charge in [-0.3, -0.25) is 14.7 Å². The van der Waals surface area contributed by atoms with Crippen molar-refractivity contribution in [3.8, 4) is 0 Å². The average molecular weight is 437 g/mol. The van der Waals surface area contributed by atoms with Gasteiger partial charge in [0.25, 0.3) is 5.82 Å². The first kappa shape index (κ1) is 22.3. The molecule has 3 heterocycles. The second-order valence-corrected chi connectivity index (χ2v) is 9.12. The number of H-pyrrole nitrogens is 1. The van der Waals surface area contributed by atoms with E-state index in [1.807, 2.05) is 6.07 Å². The molecule has 8 nitrogen and oxygen atoms in total. The van der Waals surface area contributed by atoms with Gasteiger partial charge in [0, 0.05) is 31.8 Å². The number of imidazole rings is 1. The van der Waals surface area contributed by atoms with E-state index in [4.69, 9.17) is 11.3 Å². The number of benzene rings is 1. The van der Waals surface area contributed by atoms with E-state index in [1.165, 1.54) is 11.8 Å². The first-order valence-corrected chi connectivity index (χ1v) is 11.3. The van der Waals surface area contributed by atoms with Gasteiger partial charge in [-0.25, -0.2) is 4.98 Å². The monoisotopic (exact) mass is 436 g/mol. The molecule has 170 valence electrons. The van der Waals surface area contributed by atoms with Crippen LogP contribution in [0.3, 0.4) is 0 Å². The largest absolute Gasteiger partial charge is 0.381 e. The van der Waals surface area contributed by atoms with Crippen molar-refractivity contribution in [2.45, 2.75) is 38.1 Å². The van der Waals surface area contributed by atoms with Crippen LogP contribution in [0, 0.1) is 12.5 Å². The number of anilines is 2. The highest BCUT2D eigenvalue weighted by atomic mass is 16.5. The fourth-order valence-corrected chi connectivity index (χ4v) is 4.81. The van der Waals surface area contributed by atoms with Gasteiger partial charge in [0.15, 0.2) is 0 Å². The van der Waals surface area contributed by atoms with Crippen LogP contribution in [-0.4, -0.2) is 61.2 Å². The molecule has 0 aliphatic carbocycles. The zero-order valence-electron chi connectivity index (χ0n) is 19.1. The van der Waals surface area contributed by atoms with Crippen molar-refractivity contribution in [3.63, 3.8) is 0 Å². The molecule has 32 heavy (non-hydrogen) atoms. The van der Waals surface area contributed by atoms with Crippen LogP contribution < -0.4 is 10.2 Å². The Bertz CT molecular complexity index is 994. The number of carbonyl (C=O) groups is 1. The van der Waals surface area contributed by atoms with Crippen molar-refractivity contribution in [1.82, 2.24) is 14.9 Å². The first-order chi connectivity index (χ1) is 15.4. The molecule has 1 aromatic heterocycles. The number of hydrogen-bond donors (Lipinski definition) is 2. The van der Waals surface area contributed by atoms with Gasteiger partial charge >= 0.3 is 5.91 Å². The van der Waals surface area contributed by atoms with Gasteiger partial charge in [0.1, 0.15) is 0 Å². The van der Waals surface area contributed by atoms with Crippen molar-refractivity contribution in [2.24, 2.45) is 5.92 Å². The van der Waals surface area contributed by atoms with Crippen molar-refractivity contribution in [1.29, 1.82) is 0 Å². The summed E-state index contributed by atoms with van der Waals surface area (Å²) < 4.78 is 5.67. The standard InChI is InChI=1S/C24H32N6O2/c1-17-7-11-30(12-8-17)20-15-18(24(29(3)4)9-13-32-14-10-24)5-6-19(20)27-23(31)22-26-16-21(25-2)28-22/h5-6,15-17H,7-14H2,1,3-4H3,(H,26,28)(H,27,31). The van der Waals surface area contributed by atoms with Gasteiger partial charge in [-0.15, -0.1) is 0 Å². The number of ether oxygens (including phenoxy) is 1. The maximum absolute atomic E-state index is 12.8. The highest BCUT2D eigenvalue weighted by molar-refractivity contribution is 6.04. The fourth-order valence-electron chi connectivity index (χ4n) is 4.81. The fraction of sp³-hybridized carbons (Fsp3) is 0.542. The molecule has 2 aliphatic heterocycles. The zero-order valence-corrected chi connectivity index (χ0v) is 19.1. The van der Waals surface area contributed by atoms with Gasteiger partial charge in [-0.2, -0.15) is 0 Å². The molecular weight excluding hydrogens is 404 g/mol. The highest BCUT2D eigenvalue weighted by Crippen LogP contribution is 2.41. The summed E-state index contributed by atoms with van der Waals surface area (Å²) in [5.74, 6) is 0.773. The van der Waals surface area contributed by atoms with Crippen molar-refractivity contribution in [2.75, 3.05) is 50.6 Å². The van der Waals surface area contributed by atoms with Crippen molar-refractivity contribution < 1.29 is 9.53 Å². The average Bonchev–Trinajstić information content (AvgIpc) is 3.30. The number of amides is 1. The van der Waals surface area contributed by atoms with E-state index < -0.39 is 0 Å². The Balaban J connectivity index is 1.69. The van der Waals surface area contributed by atoms with Crippen LogP contribution in [0.2, 0.25) is 0 Å². The lowest BCUT2D eigenvalue weighted by Crippen LogP contribution is -2.46. The minimum Gasteiger partial charge on any atom is -0.381 e. The van der Waals surface area contributed by atoms with Crippen LogP contribution in [0.4, 0.5) is 17.2 Å². The maximum Gasteiger partial charge on any atom is 0.314 e. The van der Waals surface area contributed by atoms with Crippen LogP contribution in [-0.2, 0) is 10.3 Å². The summed E-state index contributed by atoms with van der Waals surface area (Å²) in [5, 5.41) is 3.03. The molecule has 2 saturated heterocycles. The Morgan fingerprint density at radius 3 is 2.66 bits per heavy atom. The molecule has 0 saturated carbocycles. The third kappa shape index (κ3) is 4.36. The predicted octanol–water partition coefficient (Wildman–Crippen LogP) is 4.02. The van der Waals surface area contributed by atoms with Gasteiger partial charge in [0.05, 0.1) is 17.6 Å². The molecule has 2 aliphatic rings.